The van der Waals surface area contributed by atoms with Crippen molar-refractivity contribution < 1.29 is 0 Å². The number of hydrogen-bond donors (Lipinski definition) is 1. The van der Waals surface area contributed by atoms with Crippen molar-refractivity contribution in [2.45, 2.75) is 50.3 Å². The van der Waals surface area contributed by atoms with Gasteiger partial charge in [-0.2, -0.15) is 0 Å². The van der Waals surface area contributed by atoms with Crippen LogP contribution in [0, 0.1) is 11.2 Å². The third-order valence-corrected chi connectivity index (χ3v) is 4.03. The molecule has 1 aliphatic rings. The number of rotatable bonds is 2. The zero-order valence-corrected chi connectivity index (χ0v) is 12.6. The van der Waals surface area contributed by atoms with Crippen LogP contribution in [0.4, 0.5) is 0 Å². The first kappa shape index (κ1) is 13.0. The van der Waals surface area contributed by atoms with Gasteiger partial charge < -0.3 is 0 Å². The van der Waals surface area contributed by atoms with Crippen molar-refractivity contribution >= 4 is 42.1 Å². The maximum absolute atomic E-state index is 3.53. The standard InChI is InChI=1S/C10H16INS2/c1-9(2,3)14-12-10(5-4-6-10)7-8-13-11/h12H,4-6H2,1-3H3. The number of hydrogen-bond acceptors (Lipinski definition) is 3. The van der Waals surface area contributed by atoms with Gasteiger partial charge in [-0.05, 0) is 54.2 Å². The Hall–Kier alpha value is 0.950. The van der Waals surface area contributed by atoms with Crippen LogP contribution in [-0.4, -0.2) is 10.3 Å². The number of halogens is 1. The molecule has 0 radical (unpaired) electrons. The molecule has 4 heteroatoms. The molecule has 0 saturated heterocycles. The number of nitrogens with one attached hydrogen (secondary N) is 1. The molecule has 0 aromatic heterocycles. The minimum absolute atomic E-state index is 0.107. The van der Waals surface area contributed by atoms with Crippen LogP contribution in [0.3, 0.4) is 0 Å². The van der Waals surface area contributed by atoms with Gasteiger partial charge in [-0.15, -0.1) is 0 Å². The quantitative estimate of drug-likeness (QED) is 0.463. The van der Waals surface area contributed by atoms with E-state index in [1.165, 1.54) is 19.3 Å². The first-order valence-electron chi connectivity index (χ1n) is 4.72. The summed E-state index contributed by atoms with van der Waals surface area (Å²) in [7, 11) is 1.57. The summed E-state index contributed by atoms with van der Waals surface area (Å²) in [6, 6.07) is 0. The molecule has 1 saturated carbocycles. The van der Waals surface area contributed by atoms with E-state index in [0.717, 1.165) is 0 Å². The van der Waals surface area contributed by atoms with Crippen molar-refractivity contribution in [2.24, 2.45) is 0 Å². The van der Waals surface area contributed by atoms with E-state index < -0.39 is 0 Å². The summed E-state index contributed by atoms with van der Waals surface area (Å²) in [5.74, 6) is 3.33. The van der Waals surface area contributed by atoms with E-state index in [4.69, 9.17) is 0 Å². The topological polar surface area (TPSA) is 12.0 Å². The van der Waals surface area contributed by atoms with Crippen molar-refractivity contribution in [3.63, 3.8) is 0 Å². The Kier molecular flexibility index (Phi) is 4.96. The highest BCUT2D eigenvalue weighted by Crippen LogP contribution is 2.35. The molecule has 1 N–H and O–H groups in total. The summed E-state index contributed by atoms with van der Waals surface area (Å²) in [6.45, 7) is 6.66. The first-order chi connectivity index (χ1) is 6.47. The van der Waals surface area contributed by atoms with Crippen LogP contribution in [0.15, 0.2) is 0 Å². The molecular weight excluding hydrogens is 325 g/mol. The molecule has 0 heterocycles. The van der Waals surface area contributed by atoms with Gasteiger partial charge in [-0.3, -0.25) is 0 Å². The van der Waals surface area contributed by atoms with Crippen LogP contribution in [0.25, 0.3) is 0 Å². The molecule has 0 spiro atoms. The van der Waals surface area contributed by atoms with Crippen molar-refractivity contribution in [3.8, 4) is 11.2 Å². The van der Waals surface area contributed by atoms with Gasteiger partial charge >= 0.3 is 0 Å². The van der Waals surface area contributed by atoms with Crippen LogP contribution < -0.4 is 4.72 Å². The Balaban J connectivity index is 2.46. The highest BCUT2D eigenvalue weighted by Gasteiger charge is 2.36. The predicted octanol–water partition coefficient (Wildman–Crippen LogP) is 3.99. The summed E-state index contributed by atoms with van der Waals surface area (Å²) < 4.78 is 3.80. The molecule has 0 aromatic rings. The molecule has 0 amide bonds. The summed E-state index contributed by atoms with van der Waals surface area (Å²) in [4.78, 5) is 0. The van der Waals surface area contributed by atoms with Crippen molar-refractivity contribution in [1.82, 2.24) is 4.72 Å². The van der Waals surface area contributed by atoms with E-state index in [2.05, 4.69) is 57.9 Å². The fourth-order valence-electron chi connectivity index (χ4n) is 1.15. The maximum atomic E-state index is 3.53. The molecule has 1 aliphatic carbocycles. The van der Waals surface area contributed by atoms with Crippen molar-refractivity contribution in [2.75, 3.05) is 0 Å². The van der Waals surface area contributed by atoms with Gasteiger partial charge in [-0.25, -0.2) is 4.72 Å². The van der Waals surface area contributed by atoms with Gasteiger partial charge in [0.15, 0.2) is 0 Å². The Labute approximate surface area is 108 Å². The normalized spacial score (nSPS) is 19.4. The van der Waals surface area contributed by atoms with Crippen LogP contribution in [0.1, 0.15) is 40.0 Å². The lowest BCUT2D eigenvalue weighted by atomic mass is 9.79. The second-order valence-electron chi connectivity index (χ2n) is 4.56. The monoisotopic (exact) mass is 341 g/mol. The summed E-state index contributed by atoms with van der Waals surface area (Å²) in [5.41, 5.74) is 0.107. The third-order valence-electron chi connectivity index (χ3n) is 2.09. The molecular formula is C10H16INS2. The Bertz CT molecular complexity index is 245. The first-order valence-corrected chi connectivity index (χ1v) is 8.90. The Morgan fingerprint density at radius 3 is 2.36 bits per heavy atom. The lowest BCUT2D eigenvalue weighted by Crippen LogP contribution is -2.47. The van der Waals surface area contributed by atoms with Gasteiger partial charge in [0.05, 0.1) is 5.54 Å². The second kappa shape index (κ2) is 5.33. The molecule has 0 aromatic carbocycles. The second-order valence-corrected chi connectivity index (χ2v) is 7.87. The molecule has 1 fully saturated rings. The van der Waals surface area contributed by atoms with Gasteiger partial charge in [0.25, 0.3) is 0 Å². The summed E-state index contributed by atoms with van der Waals surface area (Å²) >= 11 is 4.02. The summed E-state index contributed by atoms with van der Waals surface area (Å²) in [5, 5.41) is 3.10. The van der Waals surface area contributed by atoms with Crippen molar-refractivity contribution in [1.29, 1.82) is 0 Å². The molecule has 80 valence electrons. The molecule has 0 unspecified atom stereocenters. The molecule has 1 nitrogen and oxygen atoms in total. The van der Waals surface area contributed by atoms with Crippen LogP contribution in [-0.2, 0) is 0 Å². The van der Waals surface area contributed by atoms with Gasteiger partial charge in [0, 0.05) is 26.0 Å². The molecule has 0 aliphatic heterocycles. The Morgan fingerprint density at radius 2 is 2.00 bits per heavy atom. The zero-order valence-electron chi connectivity index (χ0n) is 8.82. The zero-order chi connectivity index (χ0) is 10.7. The fraction of sp³-hybridized carbons (Fsp3) is 0.800. The SMILES string of the molecule is CC(C)(C)SNC1(C#CSI)CCC1. The van der Waals surface area contributed by atoms with E-state index in [-0.39, 0.29) is 10.3 Å². The molecule has 0 atom stereocenters. The lowest BCUT2D eigenvalue weighted by Gasteiger charge is -2.39. The fourth-order valence-corrected chi connectivity index (χ4v) is 2.47. The van der Waals surface area contributed by atoms with Gasteiger partial charge in [0.2, 0.25) is 0 Å². The average molecular weight is 341 g/mol. The van der Waals surface area contributed by atoms with E-state index >= 15 is 0 Å². The molecule has 14 heavy (non-hydrogen) atoms. The minimum atomic E-state index is 0.107. The maximum Gasteiger partial charge on any atom is 0.0900 e. The van der Waals surface area contributed by atoms with Crippen LogP contribution in [0.2, 0.25) is 0 Å². The van der Waals surface area contributed by atoms with Crippen LogP contribution in [0.5, 0.6) is 0 Å². The van der Waals surface area contributed by atoms with Gasteiger partial charge in [-0.1, -0.05) is 17.9 Å². The smallest absolute Gasteiger partial charge is 0.0900 e. The van der Waals surface area contributed by atoms with E-state index in [1.807, 2.05) is 0 Å². The Morgan fingerprint density at radius 1 is 1.36 bits per heavy atom. The highest BCUT2D eigenvalue weighted by molar-refractivity contribution is 14.2. The van der Waals surface area contributed by atoms with Crippen LogP contribution >= 0.6 is 42.1 Å². The third kappa shape index (κ3) is 4.21. The highest BCUT2D eigenvalue weighted by atomic mass is 127. The average Bonchev–Trinajstić information content (AvgIpc) is 2.00. The van der Waals surface area contributed by atoms with E-state index in [9.17, 15) is 0 Å². The molecule has 0 bridgehead atoms. The van der Waals surface area contributed by atoms with Gasteiger partial charge in [0.1, 0.15) is 0 Å². The molecule has 1 rings (SSSR count). The minimum Gasteiger partial charge on any atom is -0.246 e. The summed E-state index contributed by atoms with van der Waals surface area (Å²) in [6.07, 6.45) is 3.69. The largest absolute Gasteiger partial charge is 0.246 e. The van der Waals surface area contributed by atoms with Crippen molar-refractivity contribution in [3.05, 3.63) is 0 Å². The lowest BCUT2D eigenvalue weighted by molar-refractivity contribution is 0.307. The predicted molar refractivity (Wildman–Crippen MR) is 76.4 cm³/mol. The van der Waals surface area contributed by atoms with E-state index in [1.54, 1.807) is 20.9 Å². The van der Waals surface area contributed by atoms with E-state index in [0.29, 0.717) is 0 Å².